The molecule has 4 aliphatic carbocycles. The number of rotatable bonds is 6. The number of carbonyl (C=O) groups is 1. The van der Waals surface area contributed by atoms with Crippen LogP contribution in [0.3, 0.4) is 0 Å². The molecule has 1 saturated heterocycles. The molecule has 29 heavy (non-hydrogen) atoms. The molecule has 158 valence electrons. The fourth-order valence-corrected chi connectivity index (χ4v) is 6.98. The van der Waals surface area contributed by atoms with Crippen molar-refractivity contribution in [3.63, 3.8) is 0 Å². The number of benzene rings is 1. The van der Waals surface area contributed by atoms with Crippen molar-refractivity contribution in [1.82, 2.24) is 10.2 Å². The molecule has 0 unspecified atom stereocenters. The SMILES string of the molecule is O=C(NC1CCN(CCOc2ccc(Cl)cc2)CC1)C12CC3CC(CC(C3)C1)C2. The molecular formula is C24H33ClN2O2. The molecular weight excluding hydrogens is 384 g/mol. The van der Waals surface area contributed by atoms with Crippen molar-refractivity contribution >= 4 is 17.5 Å². The van der Waals surface area contributed by atoms with Crippen molar-refractivity contribution in [2.75, 3.05) is 26.2 Å². The van der Waals surface area contributed by atoms with Crippen LogP contribution >= 0.6 is 11.6 Å². The van der Waals surface area contributed by atoms with E-state index in [2.05, 4.69) is 10.2 Å². The van der Waals surface area contributed by atoms with Crippen LogP contribution in [0.2, 0.25) is 5.02 Å². The van der Waals surface area contributed by atoms with E-state index in [1.165, 1.54) is 19.3 Å². The number of likely N-dealkylation sites (tertiary alicyclic amines) is 1. The van der Waals surface area contributed by atoms with E-state index >= 15 is 0 Å². The summed E-state index contributed by atoms with van der Waals surface area (Å²) in [5.41, 5.74) is -0.0156. The molecule has 4 saturated carbocycles. The van der Waals surface area contributed by atoms with Gasteiger partial charge in [-0.1, -0.05) is 11.6 Å². The van der Waals surface area contributed by atoms with Gasteiger partial charge in [0.05, 0.1) is 0 Å². The molecule has 1 N–H and O–H groups in total. The highest BCUT2D eigenvalue weighted by Gasteiger charge is 2.54. The Morgan fingerprint density at radius 2 is 1.62 bits per heavy atom. The Kier molecular flexibility index (Phi) is 5.51. The van der Waals surface area contributed by atoms with E-state index in [9.17, 15) is 4.79 Å². The largest absolute Gasteiger partial charge is 0.492 e. The lowest BCUT2D eigenvalue weighted by molar-refractivity contribution is -0.147. The van der Waals surface area contributed by atoms with E-state index in [-0.39, 0.29) is 5.41 Å². The highest BCUT2D eigenvalue weighted by molar-refractivity contribution is 6.30. The van der Waals surface area contributed by atoms with Gasteiger partial charge in [-0.15, -0.1) is 0 Å². The van der Waals surface area contributed by atoms with Gasteiger partial charge in [-0.3, -0.25) is 9.69 Å². The molecule has 5 aliphatic rings. The maximum Gasteiger partial charge on any atom is 0.226 e. The molecule has 5 heteroatoms. The molecule has 5 fully saturated rings. The smallest absolute Gasteiger partial charge is 0.226 e. The van der Waals surface area contributed by atoms with Gasteiger partial charge in [-0.25, -0.2) is 0 Å². The van der Waals surface area contributed by atoms with Crippen molar-refractivity contribution < 1.29 is 9.53 Å². The highest BCUT2D eigenvalue weighted by atomic mass is 35.5. The number of hydrogen-bond acceptors (Lipinski definition) is 3. The summed E-state index contributed by atoms with van der Waals surface area (Å²) in [4.78, 5) is 15.7. The number of piperidine rings is 1. The van der Waals surface area contributed by atoms with E-state index in [4.69, 9.17) is 16.3 Å². The second-order valence-electron chi connectivity index (χ2n) is 10.1. The van der Waals surface area contributed by atoms with E-state index in [1.54, 1.807) is 0 Å². The third kappa shape index (κ3) is 4.29. The molecule has 4 nitrogen and oxygen atoms in total. The number of amides is 1. The summed E-state index contributed by atoms with van der Waals surface area (Å²) >= 11 is 5.91. The van der Waals surface area contributed by atoms with Gasteiger partial charge < -0.3 is 10.1 Å². The Labute approximate surface area is 179 Å². The lowest BCUT2D eigenvalue weighted by Crippen LogP contribution is -2.56. The normalized spacial score (nSPS) is 34.3. The van der Waals surface area contributed by atoms with Crippen LogP contribution in [0.4, 0.5) is 0 Å². The first-order valence-electron chi connectivity index (χ1n) is 11.5. The predicted octanol–water partition coefficient (Wildman–Crippen LogP) is 4.52. The van der Waals surface area contributed by atoms with Crippen LogP contribution < -0.4 is 10.1 Å². The van der Waals surface area contributed by atoms with Crippen molar-refractivity contribution in [3.05, 3.63) is 29.3 Å². The van der Waals surface area contributed by atoms with Gasteiger partial charge in [0.15, 0.2) is 0 Å². The minimum Gasteiger partial charge on any atom is -0.492 e. The maximum absolute atomic E-state index is 13.2. The molecule has 1 aliphatic heterocycles. The van der Waals surface area contributed by atoms with Crippen molar-refractivity contribution in [2.45, 2.75) is 57.4 Å². The van der Waals surface area contributed by atoms with E-state index in [1.807, 2.05) is 24.3 Å². The molecule has 1 aromatic carbocycles. The maximum atomic E-state index is 13.2. The molecule has 4 bridgehead atoms. The van der Waals surface area contributed by atoms with Crippen LogP contribution in [0.25, 0.3) is 0 Å². The topological polar surface area (TPSA) is 41.6 Å². The Morgan fingerprint density at radius 3 is 2.21 bits per heavy atom. The molecule has 1 aromatic rings. The van der Waals surface area contributed by atoms with E-state index in [0.29, 0.717) is 18.6 Å². The number of nitrogens with one attached hydrogen (secondary N) is 1. The van der Waals surface area contributed by atoms with Gasteiger partial charge in [-0.2, -0.15) is 0 Å². The quantitative estimate of drug-likeness (QED) is 0.741. The molecule has 0 atom stereocenters. The van der Waals surface area contributed by atoms with Crippen LogP contribution in [-0.4, -0.2) is 43.1 Å². The van der Waals surface area contributed by atoms with Gasteiger partial charge in [-0.05, 0) is 93.4 Å². The van der Waals surface area contributed by atoms with E-state index in [0.717, 1.165) is 80.3 Å². The minimum atomic E-state index is -0.0156. The number of halogens is 1. The second kappa shape index (κ2) is 8.11. The predicted molar refractivity (Wildman–Crippen MR) is 115 cm³/mol. The zero-order chi connectivity index (χ0) is 19.8. The molecule has 1 amide bonds. The zero-order valence-corrected chi connectivity index (χ0v) is 18.0. The molecule has 0 radical (unpaired) electrons. The Bertz CT molecular complexity index is 692. The van der Waals surface area contributed by atoms with Gasteiger partial charge >= 0.3 is 0 Å². The lowest BCUT2D eigenvalue weighted by Gasteiger charge is -2.56. The monoisotopic (exact) mass is 416 g/mol. The van der Waals surface area contributed by atoms with Gasteiger partial charge in [0.2, 0.25) is 5.91 Å². The van der Waals surface area contributed by atoms with Crippen molar-refractivity contribution in [1.29, 1.82) is 0 Å². The molecule has 1 heterocycles. The van der Waals surface area contributed by atoms with Crippen LogP contribution in [0.15, 0.2) is 24.3 Å². The highest BCUT2D eigenvalue weighted by Crippen LogP contribution is 2.60. The summed E-state index contributed by atoms with van der Waals surface area (Å²) in [6.45, 7) is 3.69. The van der Waals surface area contributed by atoms with Crippen LogP contribution in [0, 0.1) is 23.2 Å². The van der Waals surface area contributed by atoms with Crippen molar-refractivity contribution in [3.8, 4) is 5.75 Å². The Balaban J connectivity index is 1.06. The standard InChI is InChI=1S/C24H33ClN2O2/c25-20-1-3-22(4-2-20)29-10-9-27-7-5-21(6-8-27)26-23(28)24-14-17-11-18(15-24)13-19(12-17)16-24/h1-4,17-19,21H,5-16H2,(H,26,28). The van der Waals surface area contributed by atoms with Crippen LogP contribution in [-0.2, 0) is 4.79 Å². The fourth-order valence-electron chi connectivity index (χ4n) is 6.85. The number of ether oxygens (including phenoxy) is 1. The summed E-state index contributed by atoms with van der Waals surface area (Å²) in [7, 11) is 0. The number of carbonyl (C=O) groups excluding carboxylic acids is 1. The second-order valence-corrected chi connectivity index (χ2v) is 10.5. The first-order valence-corrected chi connectivity index (χ1v) is 11.9. The summed E-state index contributed by atoms with van der Waals surface area (Å²) in [6.07, 6.45) is 9.76. The summed E-state index contributed by atoms with van der Waals surface area (Å²) < 4.78 is 5.82. The van der Waals surface area contributed by atoms with Gasteiger partial charge in [0.25, 0.3) is 0 Å². The minimum absolute atomic E-state index is 0.0156. The third-order valence-electron chi connectivity index (χ3n) is 7.93. The lowest BCUT2D eigenvalue weighted by atomic mass is 9.49. The van der Waals surface area contributed by atoms with Gasteiger partial charge in [0, 0.05) is 36.1 Å². The Morgan fingerprint density at radius 1 is 1.03 bits per heavy atom. The number of nitrogens with zero attached hydrogens (tertiary/aromatic N) is 1. The van der Waals surface area contributed by atoms with Crippen LogP contribution in [0.5, 0.6) is 5.75 Å². The third-order valence-corrected chi connectivity index (χ3v) is 8.18. The van der Waals surface area contributed by atoms with Crippen molar-refractivity contribution in [2.24, 2.45) is 23.2 Å². The summed E-state index contributed by atoms with van der Waals surface area (Å²) in [5, 5.41) is 4.21. The number of hydrogen-bond donors (Lipinski definition) is 1. The first-order chi connectivity index (χ1) is 14.1. The first kappa shape index (κ1) is 19.7. The molecule has 6 rings (SSSR count). The zero-order valence-electron chi connectivity index (χ0n) is 17.2. The molecule has 0 aromatic heterocycles. The summed E-state index contributed by atoms with van der Waals surface area (Å²) in [5.74, 6) is 3.74. The summed E-state index contributed by atoms with van der Waals surface area (Å²) in [6, 6.07) is 7.89. The van der Waals surface area contributed by atoms with E-state index < -0.39 is 0 Å². The average molecular weight is 417 g/mol. The van der Waals surface area contributed by atoms with Crippen LogP contribution in [0.1, 0.15) is 51.4 Å². The average Bonchev–Trinajstić information content (AvgIpc) is 2.70. The molecule has 0 spiro atoms. The Hall–Kier alpha value is -1.26. The fraction of sp³-hybridized carbons (Fsp3) is 0.708. The van der Waals surface area contributed by atoms with Gasteiger partial charge in [0.1, 0.15) is 12.4 Å².